The van der Waals surface area contributed by atoms with Crippen molar-refractivity contribution < 1.29 is 4.42 Å². The van der Waals surface area contributed by atoms with Gasteiger partial charge in [0, 0.05) is 27.5 Å². The second-order valence-electron chi connectivity index (χ2n) is 11.5. The predicted molar refractivity (Wildman–Crippen MR) is 186 cm³/mol. The van der Waals surface area contributed by atoms with Gasteiger partial charge in [-0.05, 0) is 63.0 Å². The lowest BCUT2D eigenvalue weighted by molar-refractivity contribution is 0.669. The van der Waals surface area contributed by atoms with Gasteiger partial charge >= 0.3 is 0 Å². The normalized spacial score (nSPS) is 14.9. The van der Waals surface area contributed by atoms with E-state index >= 15 is 0 Å². The van der Waals surface area contributed by atoms with Gasteiger partial charge < -0.3 is 9.73 Å². The van der Waals surface area contributed by atoms with E-state index in [1.165, 1.54) is 21.5 Å². The maximum absolute atomic E-state index is 6.63. The summed E-state index contributed by atoms with van der Waals surface area (Å²) in [6.45, 7) is 0. The molecule has 9 rings (SSSR count). The van der Waals surface area contributed by atoms with Gasteiger partial charge in [0.05, 0.1) is 0 Å². The van der Waals surface area contributed by atoms with E-state index in [0.29, 0.717) is 5.84 Å². The summed E-state index contributed by atoms with van der Waals surface area (Å²) < 4.78 is 6.63. The van der Waals surface area contributed by atoms with Crippen LogP contribution in [0, 0.1) is 0 Å². The van der Waals surface area contributed by atoms with Gasteiger partial charge in [0.2, 0.25) is 0 Å². The van der Waals surface area contributed by atoms with Crippen LogP contribution >= 0.6 is 0 Å². The van der Waals surface area contributed by atoms with Gasteiger partial charge in [-0.2, -0.15) is 0 Å². The van der Waals surface area contributed by atoms with Gasteiger partial charge in [-0.15, -0.1) is 0 Å². The highest BCUT2D eigenvalue weighted by Crippen LogP contribution is 2.40. The summed E-state index contributed by atoms with van der Waals surface area (Å²) in [6.07, 6.45) is -0.314. The van der Waals surface area contributed by atoms with Crippen LogP contribution in [0.2, 0.25) is 0 Å². The van der Waals surface area contributed by atoms with Crippen LogP contribution in [0.4, 0.5) is 0 Å². The summed E-state index contributed by atoms with van der Waals surface area (Å²) >= 11 is 0. The van der Waals surface area contributed by atoms with E-state index in [2.05, 4.69) is 127 Å². The van der Waals surface area contributed by atoms with Crippen LogP contribution < -0.4 is 5.32 Å². The van der Waals surface area contributed by atoms with Crippen LogP contribution in [0.15, 0.2) is 166 Å². The monoisotopic (exact) mass is 577 g/mol. The Bertz CT molecular complexity index is 2470. The van der Waals surface area contributed by atoms with E-state index in [0.717, 1.165) is 55.6 Å². The fraction of sp³-hybridized carbons (Fsp3) is 0.0244. The van der Waals surface area contributed by atoms with E-state index in [4.69, 9.17) is 14.4 Å². The Morgan fingerprint density at radius 3 is 2.02 bits per heavy atom. The third-order valence-electron chi connectivity index (χ3n) is 8.71. The molecule has 0 saturated carbocycles. The van der Waals surface area contributed by atoms with Crippen molar-refractivity contribution in [2.45, 2.75) is 6.17 Å². The molecule has 0 amide bonds. The number of nitrogens with one attached hydrogen (secondary N) is 1. The van der Waals surface area contributed by atoms with Crippen molar-refractivity contribution in [3.63, 3.8) is 0 Å². The van der Waals surface area contributed by atoms with Crippen molar-refractivity contribution in [1.82, 2.24) is 5.32 Å². The van der Waals surface area contributed by atoms with Crippen molar-refractivity contribution in [1.29, 1.82) is 0 Å². The minimum absolute atomic E-state index is 0.314. The third-order valence-corrected chi connectivity index (χ3v) is 8.71. The molecule has 1 unspecified atom stereocenters. The molecule has 0 spiro atoms. The Balaban J connectivity index is 1.27. The first-order valence-corrected chi connectivity index (χ1v) is 15.2. The van der Waals surface area contributed by atoms with Crippen molar-refractivity contribution >= 4 is 55.2 Å². The van der Waals surface area contributed by atoms with Crippen LogP contribution in [0.25, 0.3) is 54.6 Å². The highest BCUT2D eigenvalue weighted by Gasteiger charge is 2.25. The number of fused-ring (bicyclic) bond motifs is 5. The average molecular weight is 578 g/mol. The lowest BCUT2D eigenvalue weighted by Gasteiger charge is -2.24. The summed E-state index contributed by atoms with van der Waals surface area (Å²) in [7, 11) is 0. The van der Waals surface area contributed by atoms with Gasteiger partial charge in [-0.25, -0.2) is 9.98 Å². The zero-order valence-corrected chi connectivity index (χ0v) is 24.3. The highest BCUT2D eigenvalue weighted by molar-refractivity contribution is 6.23. The van der Waals surface area contributed by atoms with Crippen molar-refractivity contribution in [3.8, 4) is 11.1 Å². The second-order valence-corrected chi connectivity index (χ2v) is 11.5. The lowest BCUT2D eigenvalue weighted by Crippen LogP contribution is -2.33. The molecule has 0 radical (unpaired) electrons. The number of amidine groups is 2. The Hall–Kier alpha value is -6.00. The molecule has 45 heavy (non-hydrogen) atoms. The molecular weight excluding hydrogens is 550 g/mol. The molecule has 7 aromatic carbocycles. The maximum atomic E-state index is 6.63. The molecule has 1 atom stereocenters. The molecule has 1 N–H and O–H groups in total. The minimum Gasteiger partial charge on any atom is -0.455 e. The lowest BCUT2D eigenvalue weighted by atomic mass is 9.96. The van der Waals surface area contributed by atoms with Crippen LogP contribution in [0.1, 0.15) is 22.9 Å². The molecule has 0 fully saturated rings. The minimum atomic E-state index is -0.314. The Kier molecular flexibility index (Phi) is 5.85. The number of rotatable bonds is 4. The topological polar surface area (TPSA) is 49.9 Å². The molecule has 0 bridgehead atoms. The smallest absolute Gasteiger partial charge is 0.160 e. The first kappa shape index (κ1) is 25.5. The summed E-state index contributed by atoms with van der Waals surface area (Å²) in [5, 5.41) is 10.5. The summed E-state index contributed by atoms with van der Waals surface area (Å²) in [5.74, 6) is 1.46. The van der Waals surface area contributed by atoms with E-state index < -0.39 is 0 Å². The molecule has 212 valence electrons. The highest BCUT2D eigenvalue weighted by atomic mass is 16.3. The number of aliphatic imine (C=N–C) groups is 2. The number of furan rings is 1. The van der Waals surface area contributed by atoms with Crippen LogP contribution in [0.3, 0.4) is 0 Å². The molecule has 4 nitrogen and oxygen atoms in total. The van der Waals surface area contributed by atoms with Gasteiger partial charge in [-0.3, -0.25) is 0 Å². The first-order valence-electron chi connectivity index (χ1n) is 15.2. The van der Waals surface area contributed by atoms with Gasteiger partial charge in [-0.1, -0.05) is 121 Å². The number of nitrogens with zero attached hydrogens (tertiary/aromatic N) is 2. The second kappa shape index (κ2) is 10.3. The van der Waals surface area contributed by atoms with E-state index in [-0.39, 0.29) is 6.17 Å². The van der Waals surface area contributed by atoms with Crippen molar-refractivity contribution in [3.05, 3.63) is 168 Å². The molecule has 1 aromatic heterocycles. The molecule has 0 aliphatic carbocycles. The van der Waals surface area contributed by atoms with E-state index in [1.807, 2.05) is 30.3 Å². The quantitative estimate of drug-likeness (QED) is 0.226. The molecule has 0 saturated heterocycles. The molecule has 1 aliphatic rings. The van der Waals surface area contributed by atoms with Gasteiger partial charge in [0.1, 0.15) is 23.2 Å². The van der Waals surface area contributed by atoms with Crippen LogP contribution in [-0.4, -0.2) is 11.7 Å². The molecule has 1 aliphatic heterocycles. The first-order chi connectivity index (χ1) is 22.3. The molecular formula is C41H27N3O. The fourth-order valence-electron chi connectivity index (χ4n) is 6.46. The number of para-hydroxylation sites is 1. The Morgan fingerprint density at radius 2 is 1.20 bits per heavy atom. The fourth-order valence-corrected chi connectivity index (χ4v) is 6.46. The predicted octanol–water partition coefficient (Wildman–Crippen LogP) is 10.1. The van der Waals surface area contributed by atoms with Gasteiger partial charge in [0.15, 0.2) is 5.84 Å². The third kappa shape index (κ3) is 4.38. The molecule has 4 heteroatoms. The summed E-state index contributed by atoms with van der Waals surface area (Å²) in [4.78, 5) is 10.4. The Morgan fingerprint density at radius 1 is 0.533 bits per heavy atom. The maximum Gasteiger partial charge on any atom is 0.160 e. The zero-order valence-electron chi connectivity index (χ0n) is 24.3. The van der Waals surface area contributed by atoms with Crippen LogP contribution in [-0.2, 0) is 0 Å². The largest absolute Gasteiger partial charge is 0.455 e. The van der Waals surface area contributed by atoms with Crippen molar-refractivity contribution in [2.75, 3.05) is 0 Å². The summed E-state index contributed by atoms with van der Waals surface area (Å²) in [6, 6.07) is 52.8. The summed E-state index contributed by atoms with van der Waals surface area (Å²) in [5.41, 5.74) is 6.87. The Labute approximate surface area is 260 Å². The SMILES string of the molecule is c1ccc(C2=NC(c3ccc(-c4ccc5ccccc5c4)c4oc5ccccc5c34)=NC(c3ccc4ccccc4c3)N2)cc1. The van der Waals surface area contributed by atoms with Gasteiger partial charge in [0.25, 0.3) is 0 Å². The standard InChI is InChI=1S/C41H27N3O/c1-2-12-28(13-3-1)39-42-40(32-21-19-27-11-5-7-15-30(27)25-32)44-41(43-39)35-23-22-33(31-20-18-26-10-4-6-14-29(26)24-31)38-37(35)34-16-8-9-17-36(34)45-38/h1-25,40H,(H,42,43,44). The molecule has 2 heterocycles. The average Bonchev–Trinajstić information content (AvgIpc) is 3.51. The number of benzene rings is 7. The molecule has 8 aromatic rings. The number of hydrogen-bond acceptors (Lipinski definition) is 4. The van der Waals surface area contributed by atoms with E-state index in [1.54, 1.807) is 0 Å². The van der Waals surface area contributed by atoms with E-state index in [9.17, 15) is 0 Å². The van der Waals surface area contributed by atoms with Crippen molar-refractivity contribution in [2.24, 2.45) is 9.98 Å². The van der Waals surface area contributed by atoms with Crippen LogP contribution in [0.5, 0.6) is 0 Å². The zero-order chi connectivity index (χ0) is 29.7. The number of hydrogen-bond donors (Lipinski definition) is 1.